The molecule has 0 bridgehead atoms. The molecule has 0 aliphatic heterocycles. The fourth-order valence-corrected chi connectivity index (χ4v) is 2.12. The Bertz CT molecular complexity index is 406. The maximum absolute atomic E-state index is 12.1. The molecule has 0 N–H and O–H groups in total. The summed E-state index contributed by atoms with van der Waals surface area (Å²) in [6.45, 7) is 3.86. The van der Waals surface area contributed by atoms with E-state index in [4.69, 9.17) is 10.00 Å². The van der Waals surface area contributed by atoms with Crippen molar-refractivity contribution in [3.8, 4) is 11.8 Å². The second-order valence-electron chi connectivity index (χ2n) is 3.50. The monoisotopic (exact) mass is 238 g/mol. The summed E-state index contributed by atoms with van der Waals surface area (Å²) in [5.41, 5.74) is 0. The molecule has 5 heteroatoms. The van der Waals surface area contributed by atoms with Gasteiger partial charge < -0.3 is 9.64 Å². The van der Waals surface area contributed by atoms with E-state index in [1.165, 1.54) is 23.3 Å². The number of thiophene rings is 1. The number of rotatable bonds is 4. The quantitative estimate of drug-likeness (QED) is 0.755. The van der Waals surface area contributed by atoms with Crippen LogP contribution in [0.3, 0.4) is 0 Å². The van der Waals surface area contributed by atoms with E-state index in [-0.39, 0.29) is 18.5 Å². The molecule has 86 valence electrons. The van der Waals surface area contributed by atoms with Gasteiger partial charge in [0.15, 0.2) is 0 Å². The number of nitrogens with zero attached hydrogens (tertiary/aromatic N) is 2. The van der Waals surface area contributed by atoms with Crippen molar-refractivity contribution in [2.45, 2.75) is 19.9 Å². The molecule has 0 saturated carbocycles. The molecule has 1 amide bonds. The highest BCUT2D eigenvalue weighted by molar-refractivity contribution is 7.12. The van der Waals surface area contributed by atoms with Crippen molar-refractivity contribution in [3.05, 3.63) is 16.3 Å². The SMILES string of the molecule is COc1ccsc1C(=O)N(CC#N)C(C)C. The number of carbonyl (C=O) groups excluding carboxylic acids is 1. The lowest BCUT2D eigenvalue weighted by atomic mass is 10.3. The highest BCUT2D eigenvalue weighted by Crippen LogP contribution is 2.26. The Balaban J connectivity index is 2.95. The first-order valence-corrected chi connectivity index (χ1v) is 5.79. The lowest BCUT2D eigenvalue weighted by Crippen LogP contribution is -2.36. The molecule has 0 unspecified atom stereocenters. The molecule has 0 aliphatic carbocycles. The Hall–Kier alpha value is -1.54. The first kappa shape index (κ1) is 12.5. The zero-order chi connectivity index (χ0) is 12.1. The van der Waals surface area contributed by atoms with Crippen LogP contribution < -0.4 is 4.74 Å². The molecular formula is C11H14N2O2S. The molecule has 0 aromatic carbocycles. The summed E-state index contributed by atoms with van der Waals surface area (Å²) >= 11 is 1.33. The van der Waals surface area contributed by atoms with Gasteiger partial charge in [-0.15, -0.1) is 11.3 Å². The van der Waals surface area contributed by atoms with Gasteiger partial charge in [0.1, 0.15) is 17.2 Å². The van der Waals surface area contributed by atoms with E-state index in [0.29, 0.717) is 10.6 Å². The summed E-state index contributed by atoms with van der Waals surface area (Å²) < 4.78 is 5.09. The fourth-order valence-electron chi connectivity index (χ4n) is 1.31. The van der Waals surface area contributed by atoms with Crippen molar-refractivity contribution in [1.82, 2.24) is 4.90 Å². The van der Waals surface area contributed by atoms with E-state index >= 15 is 0 Å². The molecule has 4 nitrogen and oxygen atoms in total. The van der Waals surface area contributed by atoms with E-state index in [0.717, 1.165) is 0 Å². The first-order valence-electron chi connectivity index (χ1n) is 4.91. The third-order valence-electron chi connectivity index (χ3n) is 2.17. The third kappa shape index (κ3) is 2.52. The number of hydrogen-bond donors (Lipinski definition) is 0. The summed E-state index contributed by atoms with van der Waals surface area (Å²) in [6, 6.07) is 3.75. The van der Waals surface area contributed by atoms with Crippen LogP contribution in [-0.4, -0.2) is 30.5 Å². The van der Waals surface area contributed by atoms with Crippen molar-refractivity contribution in [1.29, 1.82) is 5.26 Å². The molecule has 0 atom stereocenters. The fraction of sp³-hybridized carbons (Fsp3) is 0.455. The van der Waals surface area contributed by atoms with Crippen LogP contribution >= 0.6 is 11.3 Å². The maximum atomic E-state index is 12.1. The third-order valence-corrected chi connectivity index (χ3v) is 3.05. The normalized spacial score (nSPS) is 9.94. The Morgan fingerprint density at radius 2 is 2.38 bits per heavy atom. The van der Waals surface area contributed by atoms with Crippen LogP contribution in [0, 0.1) is 11.3 Å². The molecule has 0 saturated heterocycles. The molecule has 0 radical (unpaired) electrons. The van der Waals surface area contributed by atoms with Crippen LogP contribution in [-0.2, 0) is 0 Å². The highest BCUT2D eigenvalue weighted by Gasteiger charge is 2.22. The number of methoxy groups -OCH3 is 1. The van der Waals surface area contributed by atoms with Gasteiger partial charge in [0, 0.05) is 6.04 Å². The van der Waals surface area contributed by atoms with Gasteiger partial charge in [0.05, 0.1) is 13.2 Å². The average molecular weight is 238 g/mol. The number of carbonyl (C=O) groups is 1. The van der Waals surface area contributed by atoms with Crippen LogP contribution in [0.25, 0.3) is 0 Å². The maximum Gasteiger partial charge on any atom is 0.268 e. The predicted molar refractivity (Wildman–Crippen MR) is 62.7 cm³/mol. The second-order valence-corrected chi connectivity index (χ2v) is 4.42. The summed E-state index contributed by atoms with van der Waals surface area (Å²) in [7, 11) is 1.53. The van der Waals surface area contributed by atoms with Gasteiger partial charge in [-0.3, -0.25) is 4.79 Å². The van der Waals surface area contributed by atoms with Crippen LogP contribution in [0.5, 0.6) is 5.75 Å². The zero-order valence-electron chi connectivity index (χ0n) is 9.56. The Labute approximate surface area is 99.1 Å². The molecule has 0 aliphatic rings. The number of hydrogen-bond acceptors (Lipinski definition) is 4. The van der Waals surface area contributed by atoms with Gasteiger partial charge in [-0.2, -0.15) is 5.26 Å². The molecule has 16 heavy (non-hydrogen) atoms. The smallest absolute Gasteiger partial charge is 0.268 e. The number of ether oxygens (including phenoxy) is 1. The van der Waals surface area contributed by atoms with E-state index < -0.39 is 0 Å². The molecule has 1 heterocycles. The predicted octanol–water partition coefficient (Wildman–Crippen LogP) is 2.13. The number of amides is 1. The lowest BCUT2D eigenvalue weighted by Gasteiger charge is -2.23. The lowest BCUT2D eigenvalue weighted by molar-refractivity contribution is 0.0733. The standard InChI is InChI=1S/C11H14N2O2S/c1-8(2)13(6-5-12)11(14)10-9(15-3)4-7-16-10/h4,7-8H,6H2,1-3H3. The first-order chi connectivity index (χ1) is 7.61. The van der Waals surface area contributed by atoms with Crippen LogP contribution in [0.15, 0.2) is 11.4 Å². The van der Waals surface area contributed by atoms with E-state index in [9.17, 15) is 4.79 Å². The van der Waals surface area contributed by atoms with Gasteiger partial charge in [-0.25, -0.2) is 0 Å². The molecule has 1 rings (SSSR count). The van der Waals surface area contributed by atoms with Gasteiger partial charge in [0.2, 0.25) is 0 Å². The van der Waals surface area contributed by atoms with Gasteiger partial charge in [-0.05, 0) is 25.3 Å². The van der Waals surface area contributed by atoms with Crippen LogP contribution in [0.1, 0.15) is 23.5 Å². The zero-order valence-corrected chi connectivity index (χ0v) is 10.4. The van der Waals surface area contributed by atoms with Crippen molar-refractivity contribution in [3.63, 3.8) is 0 Å². The molecule has 1 aromatic heterocycles. The van der Waals surface area contributed by atoms with E-state index in [1.807, 2.05) is 19.9 Å². The summed E-state index contributed by atoms with van der Waals surface area (Å²) in [6.07, 6.45) is 0. The molecule has 0 fully saturated rings. The van der Waals surface area contributed by atoms with Gasteiger partial charge in [-0.1, -0.05) is 0 Å². The Kier molecular flexibility index (Phi) is 4.32. The summed E-state index contributed by atoms with van der Waals surface area (Å²) in [5.74, 6) is 0.419. The highest BCUT2D eigenvalue weighted by atomic mass is 32.1. The topological polar surface area (TPSA) is 53.3 Å². The van der Waals surface area contributed by atoms with Crippen molar-refractivity contribution in [2.75, 3.05) is 13.7 Å². The van der Waals surface area contributed by atoms with Crippen molar-refractivity contribution >= 4 is 17.2 Å². The summed E-state index contributed by atoms with van der Waals surface area (Å²) in [5, 5.41) is 10.5. The van der Waals surface area contributed by atoms with Crippen molar-refractivity contribution < 1.29 is 9.53 Å². The number of nitriles is 1. The summed E-state index contributed by atoms with van der Waals surface area (Å²) in [4.78, 5) is 14.2. The van der Waals surface area contributed by atoms with Gasteiger partial charge >= 0.3 is 0 Å². The van der Waals surface area contributed by atoms with Gasteiger partial charge in [0.25, 0.3) is 5.91 Å². The minimum absolute atomic E-state index is 0.000967. The van der Waals surface area contributed by atoms with Crippen molar-refractivity contribution in [2.24, 2.45) is 0 Å². The Morgan fingerprint density at radius 1 is 1.69 bits per heavy atom. The Morgan fingerprint density at radius 3 is 2.88 bits per heavy atom. The van der Waals surface area contributed by atoms with E-state index in [1.54, 1.807) is 11.4 Å². The van der Waals surface area contributed by atoms with Crippen LogP contribution in [0.4, 0.5) is 0 Å². The van der Waals surface area contributed by atoms with Crippen LogP contribution in [0.2, 0.25) is 0 Å². The molecule has 1 aromatic rings. The molecular weight excluding hydrogens is 224 g/mol. The average Bonchev–Trinajstić information content (AvgIpc) is 2.72. The minimum Gasteiger partial charge on any atom is -0.495 e. The largest absolute Gasteiger partial charge is 0.495 e. The minimum atomic E-state index is -0.150. The molecule has 0 spiro atoms. The second kappa shape index (κ2) is 5.52. The van der Waals surface area contributed by atoms with E-state index in [2.05, 4.69) is 0 Å².